The highest BCUT2D eigenvalue weighted by Gasteiger charge is 2.32. The molecule has 4 nitrogen and oxygen atoms in total. The molecule has 0 aliphatic carbocycles. The maximum absolute atomic E-state index is 12.9. The zero-order chi connectivity index (χ0) is 27.0. The van der Waals surface area contributed by atoms with E-state index in [1.165, 1.54) is 32.0 Å². The molecule has 35 heavy (non-hydrogen) atoms. The number of alkyl halides is 3. The zero-order valence-electron chi connectivity index (χ0n) is 20.4. The molecule has 0 saturated carbocycles. The van der Waals surface area contributed by atoms with Crippen molar-refractivity contribution in [3.63, 3.8) is 0 Å². The van der Waals surface area contributed by atoms with Crippen LogP contribution in [0.25, 0.3) is 0 Å². The molecule has 0 bridgehead atoms. The second kappa shape index (κ2) is 12.5. The van der Waals surface area contributed by atoms with Gasteiger partial charge in [0.15, 0.2) is 5.78 Å². The van der Waals surface area contributed by atoms with Gasteiger partial charge in [0.1, 0.15) is 5.82 Å². The summed E-state index contributed by atoms with van der Waals surface area (Å²) in [6.45, 7) is 8.16. The molecule has 0 heterocycles. The lowest BCUT2D eigenvalue weighted by molar-refractivity contribution is -0.138. The normalized spacial score (nSPS) is 10.9. The van der Waals surface area contributed by atoms with Crippen molar-refractivity contribution in [1.82, 2.24) is 0 Å². The van der Waals surface area contributed by atoms with Crippen LogP contribution in [0.4, 0.5) is 23.2 Å². The summed E-state index contributed by atoms with van der Waals surface area (Å²) in [5.74, 6) is -0.667. The van der Waals surface area contributed by atoms with Crippen LogP contribution in [0.1, 0.15) is 45.1 Å². The Balaban J connectivity index is 0.000000263. The molecule has 0 radical (unpaired) electrons. The molecular formula is C26H29F4NO3S. The molecule has 0 saturated heterocycles. The van der Waals surface area contributed by atoms with Gasteiger partial charge in [-0.1, -0.05) is 35.9 Å². The quantitative estimate of drug-likeness (QED) is 0.303. The molecule has 0 amide bonds. The Labute approximate surface area is 204 Å². The maximum atomic E-state index is 12.9. The topological polar surface area (TPSA) is 63.2 Å². The number of sulfonamides is 1. The average molecular weight is 512 g/mol. The molecule has 1 N–H and O–H groups in total. The standard InChI is InChI=1S/C9H9F3.C9H9FO.C8H11NO2S/c1-6-3-4-7(2)8(5-6)9(10,11)12;1-6-3-4-8(7(2)11)9(10)5-6;1-7-4-3-5-8(6-7)9-12(2,10)11/h3-5H,1-2H3;3-5H,1-2H3;3-6,9H,1-2H3. The molecule has 3 aromatic carbocycles. The van der Waals surface area contributed by atoms with Gasteiger partial charge < -0.3 is 0 Å². The number of benzene rings is 3. The lowest BCUT2D eigenvalue weighted by atomic mass is 10.1. The van der Waals surface area contributed by atoms with Gasteiger partial charge in [-0.2, -0.15) is 13.2 Å². The van der Waals surface area contributed by atoms with E-state index in [9.17, 15) is 30.8 Å². The van der Waals surface area contributed by atoms with Crippen molar-refractivity contribution in [3.8, 4) is 0 Å². The van der Waals surface area contributed by atoms with Gasteiger partial charge in [0.2, 0.25) is 10.0 Å². The number of hydrogen-bond donors (Lipinski definition) is 1. The molecule has 0 spiro atoms. The number of aryl methyl sites for hydroxylation is 4. The Hall–Kier alpha value is -3.20. The SMILES string of the molecule is CC(=O)c1ccc(C)cc1F.Cc1ccc(C)c(C(F)(F)F)c1.Cc1cccc(NS(C)(=O)=O)c1. The minimum absolute atomic E-state index is 0.163. The Kier molecular flexibility index (Phi) is 10.6. The predicted molar refractivity (Wildman–Crippen MR) is 132 cm³/mol. The van der Waals surface area contributed by atoms with Gasteiger partial charge in [0, 0.05) is 5.69 Å². The maximum Gasteiger partial charge on any atom is 0.416 e. The number of rotatable bonds is 3. The van der Waals surface area contributed by atoms with Gasteiger partial charge in [-0.3, -0.25) is 9.52 Å². The Bertz CT molecular complexity index is 1270. The van der Waals surface area contributed by atoms with Crippen LogP contribution >= 0.6 is 0 Å². The fourth-order valence-corrected chi connectivity index (χ4v) is 3.42. The summed E-state index contributed by atoms with van der Waals surface area (Å²) >= 11 is 0. The van der Waals surface area contributed by atoms with Gasteiger partial charge in [0.25, 0.3) is 0 Å². The van der Waals surface area contributed by atoms with Gasteiger partial charge in [-0.25, -0.2) is 12.8 Å². The number of ketones is 1. The van der Waals surface area contributed by atoms with Crippen LogP contribution in [-0.4, -0.2) is 20.5 Å². The minimum atomic E-state index is -4.23. The van der Waals surface area contributed by atoms with Crippen LogP contribution in [0.2, 0.25) is 0 Å². The molecule has 190 valence electrons. The largest absolute Gasteiger partial charge is 0.416 e. The second-order valence-corrected chi connectivity index (χ2v) is 9.85. The highest BCUT2D eigenvalue weighted by atomic mass is 32.2. The molecule has 0 unspecified atom stereocenters. The van der Waals surface area contributed by atoms with Crippen LogP contribution in [0.5, 0.6) is 0 Å². The fraction of sp³-hybridized carbons (Fsp3) is 0.269. The number of Topliss-reactive ketones (excluding diaryl/α,β-unsaturated/α-hetero) is 1. The number of carbonyl (C=O) groups is 1. The van der Waals surface area contributed by atoms with Crippen molar-refractivity contribution >= 4 is 21.5 Å². The van der Waals surface area contributed by atoms with Crippen molar-refractivity contribution in [1.29, 1.82) is 0 Å². The number of anilines is 1. The van der Waals surface area contributed by atoms with E-state index in [2.05, 4.69) is 4.72 Å². The first-order chi connectivity index (χ1) is 16.0. The van der Waals surface area contributed by atoms with Crippen LogP contribution in [0.15, 0.2) is 60.7 Å². The smallest absolute Gasteiger partial charge is 0.294 e. The predicted octanol–water partition coefficient (Wildman–Crippen LogP) is 7.03. The lowest BCUT2D eigenvalue weighted by Crippen LogP contribution is -2.09. The summed E-state index contributed by atoms with van der Waals surface area (Å²) in [6, 6.07) is 16.1. The summed E-state index contributed by atoms with van der Waals surface area (Å²) in [4.78, 5) is 10.7. The Morgan fingerprint density at radius 3 is 1.83 bits per heavy atom. The van der Waals surface area contributed by atoms with E-state index in [1.54, 1.807) is 38.1 Å². The van der Waals surface area contributed by atoms with Crippen LogP contribution in [-0.2, 0) is 16.2 Å². The highest BCUT2D eigenvalue weighted by Crippen LogP contribution is 2.32. The molecule has 0 aliphatic rings. The van der Waals surface area contributed by atoms with E-state index < -0.39 is 27.6 Å². The molecular weight excluding hydrogens is 482 g/mol. The van der Waals surface area contributed by atoms with Gasteiger partial charge in [0.05, 0.1) is 17.4 Å². The van der Waals surface area contributed by atoms with Crippen molar-refractivity contribution < 1.29 is 30.8 Å². The van der Waals surface area contributed by atoms with E-state index in [4.69, 9.17) is 0 Å². The fourth-order valence-electron chi connectivity index (χ4n) is 2.87. The Morgan fingerprint density at radius 1 is 0.829 bits per heavy atom. The summed E-state index contributed by atoms with van der Waals surface area (Å²) in [6.07, 6.45) is -3.09. The van der Waals surface area contributed by atoms with Gasteiger partial charge >= 0.3 is 6.18 Å². The van der Waals surface area contributed by atoms with Crippen LogP contribution in [0, 0.1) is 33.5 Å². The zero-order valence-corrected chi connectivity index (χ0v) is 21.2. The third-order valence-electron chi connectivity index (χ3n) is 4.52. The van der Waals surface area contributed by atoms with Gasteiger partial charge in [-0.15, -0.1) is 0 Å². The number of nitrogens with one attached hydrogen (secondary N) is 1. The first-order valence-corrected chi connectivity index (χ1v) is 12.3. The molecule has 3 rings (SSSR count). The first kappa shape index (κ1) is 29.8. The highest BCUT2D eigenvalue weighted by molar-refractivity contribution is 7.92. The number of hydrogen-bond acceptors (Lipinski definition) is 3. The van der Waals surface area contributed by atoms with E-state index >= 15 is 0 Å². The second-order valence-electron chi connectivity index (χ2n) is 8.10. The molecule has 3 aromatic rings. The molecule has 0 aromatic heterocycles. The molecule has 9 heteroatoms. The third-order valence-corrected chi connectivity index (χ3v) is 5.13. The lowest BCUT2D eigenvalue weighted by Gasteiger charge is -2.10. The van der Waals surface area contributed by atoms with Crippen molar-refractivity contribution in [3.05, 3.63) is 99.9 Å². The summed E-state index contributed by atoms with van der Waals surface area (Å²) in [7, 11) is -3.14. The average Bonchev–Trinajstić information content (AvgIpc) is 2.68. The van der Waals surface area contributed by atoms with Crippen molar-refractivity contribution in [2.24, 2.45) is 0 Å². The molecule has 0 aliphatic heterocycles. The summed E-state index contributed by atoms with van der Waals surface area (Å²) in [5, 5.41) is 0. The first-order valence-electron chi connectivity index (χ1n) is 10.5. The van der Waals surface area contributed by atoms with E-state index in [-0.39, 0.29) is 16.9 Å². The van der Waals surface area contributed by atoms with E-state index in [1.807, 2.05) is 19.1 Å². The third kappa shape index (κ3) is 11.2. The van der Waals surface area contributed by atoms with E-state index in [0.29, 0.717) is 11.3 Å². The van der Waals surface area contributed by atoms with Crippen molar-refractivity contribution in [2.75, 3.05) is 11.0 Å². The van der Waals surface area contributed by atoms with Crippen LogP contribution in [0.3, 0.4) is 0 Å². The summed E-state index contributed by atoms with van der Waals surface area (Å²) < 4.78 is 73.6. The Morgan fingerprint density at radius 2 is 1.37 bits per heavy atom. The molecule has 0 fully saturated rings. The van der Waals surface area contributed by atoms with Crippen LogP contribution < -0.4 is 4.72 Å². The summed E-state index contributed by atoms with van der Waals surface area (Å²) in [5.41, 5.74) is 2.99. The minimum Gasteiger partial charge on any atom is -0.294 e. The monoisotopic (exact) mass is 511 g/mol. The number of halogens is 4. The molecule has 0 atom stereocenters. The number of carbonyl (C=O) groups excluding carboxylic acids is 1. The van der Waals surface area contributed by atoms with Gasteiger partial charge in [-0.05, 0) is 81.6 Å². The van der Waals surface area contributed by atoms with E-state index in [0.717, 1.165) is 23.4 Å². The van der Waals surface area contributed by atoms with Crippen molar-refractivity contribution in [2.45, 2.75) is 40.8 Å².